The second-order valence-electron chi connectivity index (χ2n) is 6.28. The first kappa shape index (κ1) is 30.4. The summed E-state index contributed by atoms with van der Waals surface area (Å²) < 4.78 is -1.13. The molecule has 8 heteroatoms. The molecule has 3 nitrogen and oxygen atoms in total. The maximum absolute atomic E-state index is 10.7. The van der Waals surface area contributed by atoms with Gasteiger partial charge in [-0.05, 0) is 31.6 Å². The van der Waals surface area contributed by atoms with Crippen molar-refractivity contribution in [2.45, 2.75) is 49.3 Å². The number of carbonyl (C=O) groups is 2. The van der Waals surface area contributed by atoms with E-state index in [0.29, 0.717) is 42.2 Å². The fourth-order valence-corrected chi connectivity index (χ4v) is 3.36. The molecule has 0 amide bonds. The van der Waals surface area contributed by atoms with E-state index in [1.54, 1.807) is 12.2 Å². The summed E-state index contributed by atoms with van der Waals surface area (Å²) in [5, 5.41) is 8.00. The molecular weight excluding hydrogens is 465 g/mol. The lowest BCUT2D eigenvalue weighted by molar-refractivity contribution is -0.128. The number of aliphatic hydroxyl groups excluding tert-OH is 1. The molecule has 1 unspecified atom stereocenters. The molecule has 2 rings (SSSR count). The molecule has 0 aromatic heterocycles. The Morgan fingerprint density at radius 3 is 1.68 bits per heavy atom. The average molecular weight is 497 g/mol. The highest BCUT2D eigenvalue weighted by Gasteiger charge is 2.51. The molecule has 1 atom stereocenters. The number of alkyl halides is 5. The first-order chi connectivity index (χ1) is 13.2. The van der Waals surface area contributed by atoms with Gasteiger partial charge >= 0.3 is 0 Å². The van der Waals surface area contributed by atoms with Crippen LogP contribution >= 0.6 is 58.0 Å². The summed E-state index contributed by atoms with van der Waals surface area (Å²) in [6.07, 6.45) is 8.90. The van der Waals surface area contributed by atoms with Gasteiger partial charge in [-0.25, -0.2) is 0 Å². The van der Waals surface area contributed by atoms with E-state index >= 15 is 0 Å². The predicted octanol–water partition coefficient (Wildman–Crippen LogP) is 6.33. The van der Waals surface area contributed by atoms with Crippen LogP contribution in [0.15, 0.2) is 25.3 Å². The van der Waals surface area contributed by atoms with E-state index in [4.69, 9.17) is 63.1 Å². The Morgan fingerprint density at radius 2 is 1.46 bits per heavy atom. The number of hydrogen-bond donors (Lipinski definition) is 1. The number of carbonyl (C=O) groups excluding carboxylic acids is 2. The molecule has 0 aromatic carbocycles. The molecule has 2 saturated carbocycles. The fraction of sp³-hybridized carbons (Fsp3) is 0.700. The number of halogens is 5. The minimum atomic E-state index is -1.13. The largest absolute Gasteiger partial charge is 0.396 e. The molecule has 28 heavy (non-hydrogen) atoms. The van der Waals surface area contributed by atoms with Crippen molar-refractivity contribution in [2.24, 2.45) is 11.8 Å². The molecule has 0 spiro atoms. The second kappa shape index (κ2) is 19.2. The average Bonchev–Trinajstić information content (AvgIpc) is 2.64. The first-order valence-electron chi connectivity index (χ1n) is 9.18. The van der Waals surface area contributed by atoms with Gasteiger partial charge in [0, 0.05) is 49.4 Å². The summed E-state index contributed by atoms with van der Waals surface area (Å²) in [4.78, 5) is 21.1. The van der Waals surface area contributed by atoms with E-state index in [9.17, 15) is 9.59 Å². The van der Waals surface area contributed by atoms with Gasteiger partial charge in [-0.2, -0.15) is 0 Å². The third-order valence-electron chi connectivity index (χ3n) is 3.97. The van der Waals surface area contributed by atoms with E-state index in [1.165, 1.54) is 0 Å². The van der Waals surface area contributed by atoms with Crippen molar-refractivity contribution in [3.05, 3.63) is 25.3 Å². The lowest BCUT2D eigenvalue weighted by Gasteiger charge is -2.37. The van der Waals surface area contributed by atoms with Crippen molar-refractivity contribution >= 4 is 69.6 Å². The maximum atomic E-state index is 10.7. The van der Waals surface area contributed by atoms with Gasteiger partial charge in [0.1, 0.15) is 5.78 Å². The number of ketones is 2. The second-order valence-corrected chi connectivity index (χ2v) is 8.80. The lowest BCUT2D eigenvalue weighted by Crippen LogP contribution is -2.47. The Balaban J connectivity index is 0. The standard InChI is InChI=1S/C6H7Cl3O.C6H9ClO.C4H7Cl.C4H8O/c7-2-1-4-3-5(10)6(4,8)9;7-2-1-5-3-6(8)4-5;2*1-2-3-4-5/h4H,1-3H2;5H,1-4H2;2H,1,3-4H2;2,5H,1,3-4H2. The third-order valence-corrected chi connectivity index (χ3v) is 5.66. The normalized spacial score (nSPS) is 19.3. The highest BCUT2D eigenvalue weighted by molar-refractivity contribution is 6.60. The van der Waals surface area contributed by atoms with Crippen molar-refractivity contribution < 1.29 is 14.7 Å². The molecule has 2 aliphatic carbocycles. The lowest BCUT2D eigenvalue weighted by atomic mass is 9.81. The van der Waals surface area contributed by atoms with Crippen LogP contribution in [-0.4, -0.2) is 45.3 Å². The van der Waals surface area contributed by atoms with Gasteiger partial charge in [0.2, 0.25) is 0 Å². The van der Waals surface area contributed by atoms with Gasteiger partial charge < -0.3 is 5.11 Å². The number of allylic oxidation sites excluding steroid dienone is 1. The highest BCUT2D eigenvalue weighted by Crippen LogP contribution is 2.46. The zero-order valence-corrected chi connectivity index (χ0v) is 19.9. The Morgan fingerprint density at radius 1 is 0.929 bits per heavy atom. The monoisotopic (exact) mass is 494 g/mol. The Kier molecular flexibility index (Phi) is 20.9. The number of rotatable bonds is 8. The molecule has 0 aliphatic heterocycles. The third kappa shape index (κ3) is 14.3. The van der Waals surface area contributed by atoms with Crippen LogP contribution < -0.4 is 0 Å². The van der Waals surface area contributed by atoms with Crippen molar-refractivity contribution in [1.82, 2.24) is 0 Å². The van der Waals surface area contributed by atoms with E-state index < -0.39 is 4.33 Å². The van der Waals surface area contributed by atoms with Crippen LogP contribution in [0, 0.1) is 11.8 Å². The molecule has 0 heterocycles. The molecule has 0 saturated heterocycles. The van der Waals surface area contributed by atoms with Gasteiger partial charge in [0.15, 0.2) is 10.1 Å². The van der Waals surface area contributed by atoms with Crippen LogP contribution in [0.3, 0.4) is 0 Å². The smallest absolute Gasteiger partial charge is 0.179 e. The first-order valence-corrected chi connectivity index (χ1v) is 11.5. The van der Waals surface area contributed by atoms with Crippen molar-refractivity contribution in [3.63, 3.8) is 0 Å². The van der Waals surface area contributed by atoms with E-state index in [0.717, 1.165) is 32.1 Å². The number of hydrogen-bond acceptors (Lipinski definition) is 3. The Bertz CT molecular complexity index is 437. The van der Waals surface area contributed by atoms with Crippen LogP contribution in [0.5, 0.6) is 0 Å². The molecule has 0 aromatic rings. The minimum Gasteiger partial charge on any atom is -0.396 e. The topological polar surface area (TPSA) is 54.4 Å². The molecular formula is C20H31Cl5O3. The molecule has 2 fully saturated rings. The Labute approximate surface area is 194 Å². The van der Waals surface area contributed by atoms with Crippen LogP contribution in [0.2, 0.25) is 0 Å². The van der Waals surface area contributed by atoms with Crippen molar-refractivity contribution in [2.75, 3.05) is 24.2 Å². The van der Waals surface area contributed by atoms with E-state index in [2.05, 4.69) is 13.2 Å². The summed E-state index contributed by atoms with van der Waals surface area (Å²) in [7, 11) is 0. The Hall–Kier alpha value is 0.230. The predicted molar refractivity (Wildman–Crippen MR) is 123 cm³/mol. The molecule has 0 bridgehead atoms. The zero-order chi connectivity index (χ0) is 22.0. The minimum absolute atomic E-state index is 0.0702. The summed E-state index contributed by atoms with van der Waals surface area (Å²) in [5.41, 5.74) is 0. The maximum Gasteiger partial charge on any atom is 0.179 e. The van der Waals surface area contributed by atoms with Gasteiger partial charge in [-0.1, -0.05) is 35.4 Å². The van der Waals surface area contributed by atoms with Crippen LogP contribution in [-0.2, 0) is 9.59 Å². The van der Waals surface area contributed by atoms with Crippen molar-refractivity contribution in [1.29, 1.82) is 0 Å². The summed E-state index contributed by atoms with van der Waals surface area (Å²) in [5.74, 6) is 2.94. The zero-order valence-electron chi connectivity index (χ0n) is 16.2. The van der Waals surface area contributed by atoms with E-state index in [-0.39, 0.29) is 18.3 Å². The molecule has 2 aliphatic rings. The molecule has 164 valence electrons. The SMILES string of the molecule is C=CCCCl.C=CCCO.O=C1CC(CCCl)C1.O=C1CC(CCCl)C1(Cl)Cl. The van der Waals surface area contributed by atoms with Crippen LogP contribution in [0.25, 0.3) is 0 Å². The van der Waals surface area contributed by atoms with Gasteiger partial charge in [0.05, 0.1) is 0 Å². The van der Waals surface area contributed by atoms with Gasteiger partial charge in [-0.15, -0.1) is 48.0 Å². The molecule has 1 N–H and O–H groups in total. The highest BCUT2D eigenvalue weighted by atomic mass is 35.5. The van der Waals surface area contributed by atoms with Gasteiger partial charge in [0.25, 0.3) is 0 Å². The fourth-order valence-electron chi connectivity index (χ4n) is 2.11. The summed E-state index contributed by atoms with van der Waals surface area (Å²) in [6, 6.07) is 0. The van der Waals surface area contributed by atoms with Crippen LogP contribution in [0.1, 0.15) is 44.9 Å². The quantitative estimate of drug-likeness (QED) is 0.316. The van der Waals surface area contributed by atoms with Gasteiger partial charge in [-0.3, -0.25) is 9.59 Å². The number of Topliss-reactive ketones (excluding diaryl/α,β-unsaturated/α-hetero) is 2. The van der Waals surface area contributed by atoms with Crippen LogP contribution in [0.4, 0.5) is 0 Å². The summed E-state index contributed by atoms with van der Waals surface area (Å²) in [6.45, 7) is 7.08. The number of aliphatic hydroxyl groups is 1. The van der Waals surface area contributed by atoms with E-state index in [1.807, 2.05) is 0 Å². The molecule has 0 radical (unpaired) electrons. The van der Waals surface area contributed by atoms with Crippen molar-refractivity contribution in [3.8, 4) is 0 Å². The summed E-state index contributed by atoms with van der Waals surface area (Å²) >= 11 is 27.4.